The molecule has 0 N–H and O–H groups in total. The molecular formula is C22H14S2. The first-order chi connectivity index (χ1) is 11.9. The highest BCUT2D eigenvalue weighted by Gasteiger charge is 2.11. The van der Waals surface area contributed by atoms with E-state index in [1.165, 1.54) is 32.4 Å². The van der Waals surface area contributed by atoms with Crippen molar-refractivity contribution in [3.63, 3.8) is 0 Å². The van der Waals surface area contributed by atoms with E-state index in [0.29, 0.717) is 0 Å². The van der Waals surface area contributed by atoms with Crippen LogP contribution in [0, 0.1) is 35.5 Å². The molecule has 24 heavy (non-hydrogen) atoms. The number of thioether (sulfide) groups is 2. The highest BCUT2D eigenvalue weighted by molar-refractivity contribution is 7.99. The minimum Gasteiger partial charge on any atom is -0.126 e. The van der Waals surface area contributed by atoms with Crippen LogP contribution in [-0.2, 0) is 12.8 Å². The van der Waals surface area contributed by atoms with Gasteiger partial charge in [-0.05, 0) is 84.0 Å². The van der Waals surface area contributed by atoms with Crippen LogP contribution in [0.15, 0.2) is 46.2 Å². The van der Waals surface area contributed by atoms with E-state index in [-0.39, 0.29) is 0 Å². The Hall–Kier alpha value is -2.18. The molecule has 0 fully saturated rings. The van der Waals surface area contributed by atoms with Gasteiger partial charge in [0, 0.05) is 32.4 Å². The summed E-state index contributed by atoms with van der Waals surface area (Å²) in [5.74, 6) is 20.0. The van der Waals surface area contributed by atoms with E-state index in [2.05, 4.69) is 71.9 Å². The molecule has 0 amide bonds. The van der Waals surface area contributed by atoms with Crippen molar-refractivity contribution in [1.82, 2.24) is 0 Å². The monoisotopic (exact) mass is 342 g/mol. The second kappa shape index (κ2) is 7.15. The summed E-state index contributed by atoms with van der Waals surface area (Å²) in [7, 11) is 0. The van der Waals surface area contributed by atoms with Crippen LogP contribution in [0.1, 0.15) is 22.3 Å². The molecule has 0 saturated heterocycles. The van der Waals surface area contributed by atoms with E-state index in [1.54, 1.807) is 0 Å². The first kappa shape index (κ1) is 15.4. The van der Waals surface area contributed by atoms with Crippen molar-refractivity contribution in [2.24, 2.45) is 0 Å². The molecule has 2 heteroatoms. The molecule has 0 bridgehead atoms. The van der Waals surface area contributed by atoms with Crippen LogP contribution in [0.4, 0.5) is 0 Å². The maximum absolute atomic E-state index is 3.10. The van der Waals surface area contributed by atoms with Gasteiger partial charge in [0.15, 0.2) is 0 Å². The number of benzene rings is 2. The first-order valence-corrected chi connectivity index (χ1v) is 9.89. The lowest BCUT2D eigenvalue weighted by molar-refractivity contribution is 1.14. The molecule has 2 aromatic carbocycles. The Balaban J connectivity index is 1.43. The second-order valence-corrected chi connectivity index (χ2v) is 7.87. The lowest BCUT2D eigenvalue weighted by atomic mass is 10.1. The zero-order valence-corrected chi connectivity index (χ0v) is 14.7. The van der Waals surface area contributed by atoms with Gasteiger partial charge in [0.1, 0.15) is 0 Å². The van der Waals surface area contributed by atoms with Crippen LogP contribution in [0.2, 0.25) is 0 Å². The fraction of sp³-hybridized carbons (Fsp3) is 0.182. The van der Waals surface area contributed by atoms with Gasteiger partial charge in [0.25, 0.3) is 0 Å². The third-order valence-corrected chi connectivity index (χ3v) is 6.22. The first-order valence-electron chi connectivity index (χ1n) is 7.92. The number of rotatable bonds is 0. The molecule has 2 aromatic rings. The van der Waals surface area contributed by atoms with E-state index < -0.39 is 0 Å². The van der Waals surface area contributed by atoms with Crippen LogP contribution >= 0.6 is 23.5 Å². The average molecular weight is 342 g/mol. The van der Waals surface area contributed by atoms with Gasteiger partial charge in [0.05, 0.1) is 0 Å². The number of hydrogen-bond donors (Lipinski definition) is 0. The summed E-state index contributed by atoms with van der Waals surface area (Å²) in [6.07, 6.45) is 2.29. The molecule has 0 unspecified atom stereocenters. The Morgan fingerprint density at radius 1 is 0.625 bits per heavy atom. The summed E-state index contributed by atoms with van der Waals surface area (Å²) in [4.78, 5) is 2.79. The Morgan fingerprint density at radius 3 is 1.62 bits per heavy atom. The van der Waals surface area contributed by atoms with E-state index >= 15 is 0 Å². The average Bonchev–Trinajstić information content (AvgIpc) is 3.25. The normalized spacial score (nSPS) is 13.5. The van der Waals surface area contributed by atoms with E-state index in [0.717, 1.165) is 24.0 Å². The molecule has 0 aromatic heterocycles. The van der Waals surface area contributed by atoms with Gasteiger partial charge in [0.2, 0.25) is 0 Å². The summed E-state index contributed by atoms with van der Waals surface area (Å²) in [6.45, 7) is 0. The molecule has 0 nitrogen and oxygen atoms in total. The fourth-order valence-electron chi connectivity index (χ4n) is 2.80. The number of hydrogen-bond acceptors (Lipinski definition) is 2. The molecule has 2 aliphatic rings. The van der Waals surface area contributed by atoms with E-state index in [1.807, 2.05) is 23.5 Å². The van der Waals surface area contributed by atoms with E-state index in [4.69, 9.17) is 0 Å². The van der Waals surface area contributed by atoms with Crippen LogP contribution in [-0.4, -0.2) is 11.5 Å². The Bertz CT molecular complexity index is 902. The van der Waals surface area contributed by atoms with Gasteiger partial charge in [-0.15, -0.1) is 23.5 Å². The van der Waals surface area contributed by atoms with E-state index in [9.17, 15) is 0 Å². The number of fused-ring (bicyclic) bond motifs is 2. The lowest BCUT2D eigenvalue weighted by Crippen LogP contribution is -1.82. The highest BCUT2D eigenvalue weighted by Crippen LogP contribution is 2.32. The molecule has 4 rings (SSSR count). The highest BCUT2D eigenvalue weighted by atomic mass is 32.2. The van der Waals surface area contributed by atoms with Crippen molar-refractivity contribution in [3.8, 4) is 35.5 Å². The molecule has 0 atom stereocenters. The summed E-state index contributed by atoms with van der Waals surface area (Å²) >= 11 is 3.84. The predicted octanol–water partition coefficient (Wildman–Crippen LogP) is 4.39. The summed E-state index contributed by atoms with van der Waals surface area (Å²) in [5.41, 5.74) is 4.90. The number of aryl methyl sites for hydroxylation is 2. The Morgan fingerprint density at radius 2 is 1.12 bits per heavy atom. The summed E-state index contributed by atoms with van der Waals surface area (Å²) < 4.78 is 0. The van der Waals surface area contributed by atoms with Crippen molar-refractivity contribution in [2.75, 3.05) is 11.5 Å². The van der Waals surface area contributed by atoms with Gasteiger partial charge in [-0.2, -0.15) is 0 Å². The van der Waals surface area contributed by atoms with Gasteiger partial charge >= 0.3 is 0 Å². The van der Waals surface area contributed by atoms with Crippen LogP contribution in [0.5, 0.6) is 0 Å². The largest absolute Gasteiger partial charge is 0.126 e. The van der Waals surface area contributed by atoms with Gasteiger partial charge in [-0.25, -0.2) is 0 Å². The SMILES string of the molecule is C(#CC#Cc1ccc2c(c1)CCS2)C#Cc1ccc2c(c1)CCS2. The van der Waals surface area contributed by atoms with Crippen molar-refractivity contribution >= 4 is 23.5 Å². The van der Waals surface area contributed by atoms with Gasteiger partial charge < -0.3 is 0 Å². The second-order valence-electron chi connectivity index (χ2n) is 5.59. The molecule has 114 valence electrons. The molecule has 0 radical (unpaired) electrons. The van der Waals surface area contributed by atoms with Crippen LogP contribution in [0.3, 0.4) is 0 Å². The smallest absolute Gasteiger partial charge is 0.0259 e. The summed E-state index contributed by atoms with van der Waals surface area (Å²) in [5, 5.41) is 0. The van der Waals surface area contributed by atoms with Crippen molar-refractivity contribution < 1.29 is 0 Å². The molecule has 0 aliphatic carbocycles. The zero-order valence-electron chi connectivity index (χ0n) is 13.1. The Kier molecular flexibility index (Phi) is 4.57. The minimum atomic E-state index is 1.04. The van der Waals surface area contributed by atoms with Gasteiger partial charge in [-0.1, -0.05) is 11.8 Å². The maximum atomic E-state index is 3.10. The van der Waals surface area contributed by atoms with Crippen molar-refractivity contribution in [2.45, 2.75) is 22.6 Å². The fourth-order valence-corrected chi connectivity index (χ4v) is 4.90. The standard InChI is InChI=1S/C22H14S2/c1(3-5-17-7-9-21-19(15-17)11-13-23-21)2-4-6-18-8-10-22-20(16-18)12-14-24-22/h7-10,15-16H,11-14H2. The molecular weight excluding hydrogens is 328 g/mol. The van der Waals surface area contributed by atoms with Crippen molar-refractivity contribution in [3.05, 3.63) is 58.7 Å². The summed E-state index contributed by atoms with van der Waals surface area (Å²) in [6, 6.07) is 12.8. The van der Waals surface area contributed by atoms with Gasteiger partial charge in [-0.3, -0.25) is 0 Å². The van der Waals surface area contributed by atoms with Crippen molar-refractivity contribution in [1.29, 1.82) is 0 Å². The van der Waals surface area contributed by atoms with Crippen LogP contribution < -0.4 is 0 Å². The maximum Gasteiger partial charge on any atom is 0.0259 e. The molecule has 0 saturated carbocycles. The minimum absolute atomic E-state index is 1.04. The third-order valence-electron chi connectivity index (χ3n) is 3.98. The van der Waals surface area contributed by atoms with Crippen LogP contribution in [0.25, 0.3) is 0 Å². The Labute approximate surface area is 151 Å². The molecule has 0 spiro atoms. The zero-order chi connectivity index (χ0) is 16.2. The predicted molar refractivity (Wildman–Crippen MR) is 103 cm³/mol. The quantitative estimate of drug-likeness (QED) is 0.651. The lowest BCUT2D eigenvalue weighted by Gasteiger charge is -1.97. The topological polar surface area (TPSA) is 0 Å². The third kappa shape index (κ3) is 3.49. The molecule has 2 heterocycles. The molecule has 2 aliphatic heterocycles.